The zero-order chi connectivity index (χ0) is 12.6. The second kappa shape index (κ2) is 4.17. The Morgan fingerprint density at radius 1 is 1.59 bits per heavy atom. The SMILES string of the molecule is CC(C)Cn1ccnc(NC2CC2(C)C)c1=O. The smallest absolute Gasteiger partial charge is 0.293 e. The summed E-state index contributed by atoms with van der Waals surface area (Å²) < 4.78 is 1.73. The van der Waals surface area contributed by atoms with Crippen LogP contribution in [0.4, 0.5) is 5.82 Å². The lowest BCUT2D eigenvalue weighted by atomic mass is 10.2. The average Bonchev–Trinajstić information content (AvgIpc) is 2.80. The molecule has 1 aliphatic carbocycles. The molecule has 0 radical (unpaired) electrons. The van der Waals surface area contributed by atoms with Gasteiger partial charge in [0.25, 0.3) is 5.56 Å². The lowest BCUT2D eigenvalue weighted by Gasteiger charge is -2.11. The number of anilines is 1. The van der Waals surface area contributed by atoms with Crippen LogP contribution < -0.4 is 10.9 Å². The summed E-state index contributed by atoms with van der Waals surface area (Å²) in [5.74, 6) is 0.948. The van der Waals surface area contributed by atoms with Crippen LogP contribution in [0.15, 0.2) is 17.2 Å². The summed E-state index contributed by atoms with van der Waals surface area (Å²) >= 11 is 0. The highest BCUT2D eigenvalue weighted by Gasteiger charge is 2.46. The lowest BCUT2D eigenvalue weighted by molar-refractivity contribution is 0.509. The van der Waals surface area contributed by atoms with Gasteiger partial charge in [0.05, 0.1) is 0 Å². The second-order valence-corrected chi connectivity index (χ2v) is 6.02. The van der Waals surface area contributed by atoms with Crippen LogP contribution in [-0.2, 0) is 6.54 Å². The van der Waals surface area contributed by atoms with Gasteiger partial charge in [0.2, 0.25) is 0 Å². The monoisotopic (exact) mass is 235 g/mol. The molecule has 0 aliphatic heterocycles. The van der Waals surface area contributed by atoms with Crippen molar-refractivity contribution in [2.75, 3.05) is 5.32 Å². The predicted molar refractivity (Wildman–Crippen MR) is 69.1 cm³/mol. The van der Waals surface area contributed by atoms with E-state index in [1.165, 1.54) is 0 Å². The number of nitrogens with one attached hydrogen (secondary N) is 1. The molecule has 1 aromatic rings. The Bertz CT molecular complexity index is 462. The molecule has 0 bridgehead atoms. The van der Waals surface area contributed by atoms with Gasteiger partial charge in [-0.05, 0) is 17.8 Å². The van der Waals surface area contributed by atoms with Gasteiger partial charge in [-0.1, -0.05) is 27.7 Å². The summed E-state index contributed by atoms with van der Waals surface area (Å²) in [5.41, 5.74) is 0.288. The molecule has 0 amide bonds. The molecule has 4 heteroatoms. The molecule has 1 atom stereocenters. The summed E-state index contributed by atoms with van der Waals surface area (Å²) in [5, 5.41) is 3.24. The Balaban J connectivity index is 2.16. The van der Waals surface area contributed by atoms with Gasteiger partial charge in [0.1, 0.15) is 0 Å². The van der Waals surface area contributed by atoms with E-state index in [4.69, 9.17) is 0 Å². The maximum absolute atomic E-state index is 12.1. The van der Waals surface area contributed by atoms with E-state index in [0.29, 0.717) is 23.2 Å². The minimum atomic E-state index is -0.0103. The van der Waals surface area contributed by atoms with Crippen molar-refractivity contribution in [3.05, 3.63) is 22.7 Å². The molecule has 94 valence electrons. The van der Waals surface area contributed by atoms with E-state index in [9.17, 15) is 4.79 Å². The first-order valence-corrected chi connectivity index (χ1v) is 6.22. The first kappa shape index (κ1) is 12.1. The maximum Gasteiger partial charge on any atom is 0.293 e. The Morgan fingerprint density at radius 3 is 2.76 bits per heavy atom. The van der Waals surface area contributed by atoms with Gasteiger partial charge in [-0.15, -0.1) is 0 Å². The van der Waals surface area contributed by atoms with E-state index in [1.54, 1.807) is 17.0 Å². The average molecular weight is 235 g/mol. The van der Waals surface area contributed by atoms with Crippen LogP contribution in [0, 0.1) is 11.3 Å². The van der Waals surface area contributed by atoms with E-state index >= 15 is 0 Å². The maximum atomic E-state index is 12.1. The van der Waals surface area contributed by atoms with Crippen molar-refractivity contribution in [3.8, 4) is 0 Å². The molecule has 0 saturated heterocycles. The van der Waals surface area contributed by atoms with Crippen LogP contribution >= 0.6 is 0 Å². The number of rotatable bonds is 4. The van der Waals surface area contributed by atoms with Crippen LogP contribution in [-0.4, -0.2) is 15.6 Å². The normalized spacial score (nSPS) is 21.6. The van der Waals surface area contributed by atoms with Crippen molar-refractivity contribution in [2.24, 2.45) is 11.3 Å². The fraction of sp³-hybridized carbons (Fsp3) is 0.692. The standard InChI is InChI=1S/C13H21N3O/c1-9(2)8-16-6-5-14-11(12(16)17)15-10-7-13(10,3)4/h5-6,9-10H,7-8H2,1-4H3,(H,14,15). The Hall–Kier alpha value is -1.32. The minimum Gasteiger partial charge on any atom is -0.362 e. The molecular weight excluding hydrogens is 214 g/mol. The molecule has 0 aromatic carbocycles. The van der Waals surface area contributed by atoms with E-state index in [1.807, 2.05) is 0 Å². The summed E-state index contributed by atoms with van der Waals surface area (Å²) in [6.07, 6.45) is 4.56. The highest BCUT2D eigenvalue weighted by Crippen LogP contribution is 2.45. The third kappa shape index (κ3) is 2.68. The first-order valence-electron chi connectivity index (χ1n) is 6.22. The Morgan fingerprint density at radius 2 is 2.24 bits per heavy atom. The van der Waals surface area contributed by atoms with Crippen LogP contribution in [0.25, 0.3) is 0 Å². The van der Waals surface area contributed by atoms with Crippen LogP contribution in [0.3, 0.4) is 0 Å². The third-order valence-corrected chi connectivity index (χ3v) is 3.30. The molecule has 1 unspecified atom stereocenters. The van der Waals surface area contributed by atoms with Gasteiger partial charge in [-0.3, -0.25) is 4.79 Å². The summed E-state index contributed by atoms with van der Waals surface area (Å²) in [7, 11) is 0. The molecule has 1 fully saturated rings. The fourth-order valence-electron chi connectivity index (χ4n) is 1.96. The van der Waals surface area contributed by atoms with Crippen LogP contribution in [0.1, 0.15) is 34.1 Å². The van der Waals surface area contributed by atoms with Crippen molar-refractivity contribution >= 4 is 5.82 Å². The van der Waals surface area contributed by atoms with Gasteiger partial charge in [-0.2, -0.15) is 0 Å². The van der Waals surface area contributed by atoms with E-state index in [-0.39, 0.29) is 5.56 Å². The summed E-state index contributed by atoms with van der Waals surface area (Å²) in [6.45, 7) is 9.33. The topological polar surface area (TPSA) is 46.9 Å². The molecular formula is C13H21N3O. The summed E-state index contributed by atoms with van der Waals surface area (Å²) in [6, 6.07) is 0.387. The van der Waals surface area contributed by atoms with Gasteiger partial charge in [0, 0.05) is 25.0 Å². The molecule has 4 nitrogen and oxygen atoms in total. The van der Waals surface area contributed by atoms with E-state index < -0.39 is 0 Å². The van der Waals surface area contributed by atoms with Crippen LogP contribution in [0.2, 0.25) is 0 Å². The third-order valence-electron chi connectivity index (χ3n) is 3.30. The quantitative estimate of drug-likeness (QED) is 0.869. The molecule has 1 aromatic heterocycles. The minimum absolute atomic E-state index is 0.0103. The highest BCUT2D eigenvalue weighted by molar-refractivity contribution is 5.36. The van der Waals surface area contributed by atoms with Crippen molar-refractivity contribution in [1.29, 1.82) is 0 Å². The Kier molecular flexibility index (Phi) is 2.98. The number of hydrogen-bond donors (Lipinski definition) is 1. The zero-order valence-corrected chi connectivity index (χ0v) is 11.0. The van der Waals surface area contributed by atoms with Crippen molar-refractivity contribution in [1.82, 2.24) is 9.55 Å². The van der Waals surface area contributed by atoms with Gasteiger partial charge in [0.15, 0.2) is 5.82 Å². The largest absolute Gasteiger partial charge is 0.362 e. The molecule has 17 heavy (non-hydrogen) atoms. The number of nitrogens with zero attached hydrogens (tertiary/aromatic N) is 2. The molecule has 1 N–H and O–H groups in total. The van der Waals surface area contributed by atoms with Gasteiger partial charge in [-0.25, -0.2) is 4.98 Å². The summed E-state index contributed by atoms with van der Waals surface area (Å²) in [4.78, 5) is 16.3. The lowest BCUT2D eigenvalue weighted by Crippen LogP contribution is -2.27. The molecule has 1 heterocycles. The van der Waals surface area contributed by atoms with E-state index in [2.05, 4.69) is 38.0 Å². The second-order valence-electron chi connectivity index (χ2n) is 6.02. The number of aromatic nitrogens is 2. The van der Waals surface area contributed by atoms with Gasteiger partial charge < -0.3 is 9.88 Å². The predicted octanol–water partition coefficient (Wildman–Crippen LogP) is 2.11. The van der Waals surface area contributed by atoms with Crippen molar-refractivity contribution < 1.29 is 0 Å². The molecule has 0 spiro atoms. The number of hydrogen-bond acceptors (Lipinski definition) is 3. The molecule has 1 saturated carbocycles. The van der Waals surface area contributed by atoms with Crippen LogP contribution in [0.5, 0.6) is 0 Å². The molecule has 2 rings (SSSR count). The first-order chi connectivity index (χ1) is 7.90. The van der Waals surface area contributed by atoms with Gasteiger partial charge >= 0.3 is 0 Å². The highest BCUT2D eigenvalue weighted by atomic mass is 16.1. The van der Waals surface area contributed by atoms with Crippen molar-refractivity contribution in [3.63, 3.8) is 0 Å². The van der Waals surface area contributed by atoms with E-state index in [0.717, 1.165) is 13.0 Å². The zero-order valence-electron chi connectivity index (χ0n) is 11.0. The van der Waals surface area contributed by atoms with Crippen molar-refractivity contribution in [2.45, 2.75) is 46.7 Å². The Labute approximate surface area is 102 Å². The fourth-order valence-corrected chi connectivity index (χ4v) is 1.96. The molecule has 1 aliphatic rings.